The number of para-hydroxylation sites is 1. The molecule has 0 aliphatic carbocycles. The molecule has 0 bridgehead atoms. The predicted molar refractivity (Wildman–Crippen MR) is 76.1 cm³/mol. The highest BCUT2D eigenvalue weighted by Crippen LogP contribution is 2.48. The second-order valence-electron chi connectivity index (χ2n) is 4.06. The number of aliphatic hydroxyl groups excluding tert-OH is 1. The van der Waals surface area contributed by atoms with Gasteiger partial charge in [-0.2, -0.15) is 0 Å². The van der Waals surface area contributed by atoms with Gasteiger partial charge in [0, 0.05) is 21.4 Å². The van der Waals surface area contributed by atoms with Crippen LogP contribution in [0.2, 0.25) is 5.02 Å². The van der Waals surface area contributed by atoms with Crippen molar-refractivity contribution in [3.05, 3.63) is 47.5 Å². The fourth-order valence-corrected chi connectivity index (χ4v) is 3.52. The number of rotatable bonds is 2. The number of aliphatic hydroxyl groups is 1. The number of β-amino-alcohol motifs (C(OH)–C–C–N with tert-alkyl or cyclic N) is 1. The van der Waals surface area contributed by atoms with E-state index in [2.05, 4.69) is 17.0 Å². The molecule has 3 rings (SSSR count). The minimum atomic E-state index is 0.126. The smallest absolute Gasteiger partial charge is 0.0610 e. The van der Waals surface area contributed by atoms with Crippen LogP contribution in [0, 0.1) is 0 Å². The summed E-state index contributed by atoms with van der Waals surface area (Å²) in [4.78, 5) is 4.47. The highest BCUT2D eigenvalue weighted by atomic mass is 35.5. The van der Waals surface area contributed by atoms with Crippen LogP contribution in [0.25, 0.3) is 0 Å². The second kappa shape index (κ2) is 4.84. The van der Waals surface area contributed by atoms with Gasteiger partial charge in [0.1, 0.15) is 0 Å². The molecule has 0 saturated heterocycles. The Morgan fingerprint density at radius 3 is 2.67 bits per heavy atom. The Morgan fingerprint density at radius 2 is 1.83 bits per heavy atom. The number of halogens is 1. The van der Waals surface area contributed by atoms with Crippen LogP contribution < -0.4 is 4.90 Å². The molecule has 18 heavy (non-hydrogen) atoms. The fourth-order valence-electron chi connectivity index (χ4n) is 2.15. The van der Waals surface area contributed by atoms with Gasteiger partial charge in [-0.1, -0.05) is 35.5 Å². The minimum Gasteiger partial charge on any atom is -0.395 e. The quantitative estimate of drug-likeness (QED) is 0.900. The molecule has 2 aromatic carbocycles. The van der Waals surface area contributed by atoms with Crippen molar-refractivity contribution in [2.24, 2.45) is 0 Å². The summed E-state index contributed by atoms with van der Waals surface area (Å²) in [6, 6.07) is 14.1. The molecular formula is C14H12ClNOS. The zero-order chi connectivity index (χ0) is 12.5. The number of fused-ring (bicyclic) bond motifs is 2. The maximum atomic E-state index is 9.25. The first kappa shape index (κ1) is 11.9. The van der Waals surface area contributed by atoms with Crippen LogP contribution in [-0.4, -0.2) is 18.3 Å². The summed E-state index contributed by atoms with van der Waals surface area (Å²) in [6.45, 7) is 0.716. The van der Waals surface area contributed by atoms with Crippen molar-refractivity contribution in [3.8, 4) is 0 Å². The molecule has 0 unspecified atom stereocenters. The van der Waals surface area contributed by atoms with Crippen LogP contribution in [0.5, 0.6) is 0 Å². The fraction of sp³-hybridized carbons (Fsp3) is 0.143. The largest absolute Gasteiger partial charge is 0.395 e. The topological polar surface area (TPSA) is 23.5 Å². The summed E-state index contributed by atoms with van der Waals surface area (Å²) in [6.07, 6.45) is 0. The van der Waals surface area contributed by atoms with Gasteiger partial charge in [0.15, 0.2) is 0 Å². The molecule has 0 amide bonds. The summed E-state index contributed by atoms with van der Waals surface area (Å²) >= 11 is 7.77. The molecule has 1 aliphatic rings. The zero-order valence-corrected chi connectivity index (χ0v) is 11.2. The first-order chi connectivity index (χ1) is 8.79. The molecule has 0 aromatic heterocycles. The highest BCUT2D eigenvalue weighted by molar-refractivity contribution is 7.99. The number of hydrogen-bond acceptors (Lipinski definition) is 3. The molecule has 2 nitrogen and oxygen atoms in total. The van der Waals surface area contributed by atoms with E-state index in [1.165, 1.54) is 4.90 Å². The molecule has 0 spiro atoms. The summed E-state index contributed by atoms with van der Waals surface area (Å²) in [5, 5.41) is 9.99. The number of hydrogen-bond donors (Lipinski definition) is 1. The molecule has 1 N–H and O–H groups in total. The van der Waals surface area contributed by atoms with Gasteiger partial charge in [-0.15, -0.1) is 0 Å². The van der Waals surface area contributed by atoms with Crippen LogP contribution >= 0.6 is 23.4 Å². The summed E-state index contributed by atoms with van der Waals surface area (Å²) in [7, 11) is 0. The third-order valence-corrected chi connectivity index (χ3v) is 4.26. The summed E-state index contributed by atoms with van der Waals surface area (Å²) in [5.41, 5.74) is 2.25. The molecule has 0 radical (unpaired) electrons. The maximum absolute atomic E-state index is 9.25. The molecule has 92 valence electrons. The van der Waals surface area contributed by atoms with E-state index in [0.29, 0.717) is 6.54 Å². The van der Waals surface area contributed by atoms with Crippen LogP contribution in [-0.2, 0) is 0 Å². The lowest BCUT2D eigenvalue weighted by Crippen LogP contribution is -2.24. The van der Waals surface area contributed by atoms with E-state index < -0.39 is 0 Å². The van der Waals surface area contributed by atoms with Crippen LogP contribution in [0.15, 0.2) is 52.3 Å². The lowest BCUT2D eigenvalue weighted by Gasteiger charge is -2.32. The second-order valence-corrected chi connectivity index (χ2v) is 5.58. The molecule has 1 heterocycles. The van der Waals surface area contributed by atoms with Crippen molar-refractivity contribution in [1.82, 2.24) is 0 Å². The molecule has 1 aliphatic heterocycles. The first-order valence-electron chi connectivity index (χ1n) is 5.74. The third kappa shape index (κ3) is 1.99. The van der Waals surface area contributed by atoms with Crippen molar-refractivity contribution in [1.29, 1.82) is 0 Å². The van der Waals surface area contributed by atoms with E-state index in [0.717, 1.165) is 21.3 Å². The Bertz CT molecular complexity index is 588. The number of anilines is 2. The van der Waals surface area contributed by atoms with E-state index in [4.69, 9.17) is 11.6 Å². The van der Waals surface area contributed by atoms with E-state index in [1.54, 1.807) is 11.8 Å². The van der Waals surface area contributed by atoms with Crippen molar-refractivity contribution in [3.63, 3.8) is 0 Å². The standard InChI is InChI=1S/C14H12ClNOS/c15-10-5-6-12-14(9-10)18-13-4-2-1-3-11(13)16(12)7-8-17/h1-6,9,17H,7-8H2. The predicted octanol–water partition coefficient (Wildman–Crippen LogP) is 3.94. The monoisotopic (exact) mass is 277 g/mol. The normalized spacial score (nSPS) is 13.1. The summed E-state index contributed by atoms with van der Waals surface area (Å²) < 4.78 is 0. The molecule has 4 heteroatoms. The van der Waals surface area contributed by atoms with Gasteiger partial charge in [0.2, 0.25) is 0 Å². The first-order valence-corrected chi connectivity index (χ1v) is 6.94. The third-order valence-electron chi connectivity index (χ3n) is 2.91. The zero-order valence-electron chi connectivity index (χ0n) is 9.64. The van der Waals surface area contributed by atoms with Gasteiger partial charge in [-0.25, -0.2) is 0 Å². The maximum Gasteiger partial charge on any atom is 0.0610 e. The van der Waals surface area contributed by atoms with Crippen molar-refractivity contribution >= 4 is 34.7 Å². The molecule has 2 aromatic rings. The van der Waals surface area contributed by atoms with E-state index in [9.17, 15) is 5.11 Å². The molecule has 0 atom stereocenters. The lowest BCUT2D eigenvalue weighted by atomic mass is 10.2. The van der Waals surface area contributed by atoms with Crippen LogP contribution in [0.1, 0.15) is 0 Å². The Kier molecular flexibility index (Phi) is 3.20. The lowest BCUT2D eigenvalue weighted by molar-refractivity contribution is 0.305. The Hall–Kier alpha value is -1.16. The van der Waals surface area contributed by atoms with Crippen molar-refractivity contribution in [2.75, 3.05) is 18.1 Å². The average molecular weight is 278 g/mol. The summed E-state index contributed by atoms with van der Waals surface area (Å²) in [5.74, 6) is 0. The Balaban J connectivity index is 2.14. The van der Waals surface area contributed by atoms with E-state index in [-0.39, 0.29) is 6.61 Å². The number of benzene rings is 2. The van der Waals surface area contributed by atoms with E-state index >= 15 is 0 Å². The van der Waals surface area contributed by atoms with Gasteiger partial charge in [-0.3, -0.25) is 0 Å². The van der Waals surface area contributed by atoms with E-state index in [1.807, 2.05) is 30.3 Å². The Morgan fingerprint density at radius 1 is 1.06 bits per heavy atom. The molecule has 0 fully saturated rings. The number of nitrogens with zero attached hydrogens (tertiary/aromatic N) is 1. The van der Waals surface area contributed by atoms with Gasteiger partial charge in [0.25, 0.3) is 0 Å². The van der Waals surface area contributed by atoms with Gasteiger partial charge < -0.3 is 10.0 Å². The average Bonchev–Trinajstić information content (AvgIpc) is 2.38. The molecular weight excluding hydrogens is 266 g/mol. The SMILES string of the molecule is OCCN1c2ccccc2Sc2cc(Cl)ccc21. The minimum absolute atomic E-state index is 0.126. The van der Waals surface area contributed by atoms with Gasteiger partial charge in [-0.05, 0) is 30.3 Å². The Labute approximate surface area is 115 Å². The van der Waals surface area contributed by atoms with Crippen molar-refractivity contribution < 1.29 is 5.11 Å². The van der Waals surface area contributed by atoms with Gasteiger partial charge in [0.05, 0.1) is 18.0 Å². The van der Waals surface area contributed by atoms with Crippen LogP contribution in [0.4, 0.5) is 11.4 Å². The molecule has 0 saturated carbocycles. The highest BCUT2D eigenvalue weighted by Gasteiger charge is 2.22. The van der Waals surface area contributed by atoms with Gasteiger partial charge >= 0.3 is 0 Å². The van der Waals surface area contributed by atoms with Crippen molar-refractivity contribution in [2.45, 2.75) is 9.79 Å². The van der Waals surface area contributed by atoms with Crippen LogP contribution in [0.3, 0.4) is 0 Å².